The number of carbonyl (C=O) groups excluding carboxylic acids is 1. The van der Waals surface area contributed by atoms with Crippen LogP contribution in [-0.2, 0) is 6.54 Å². The minimum Gasteiger partial charge on any atom is -0.347 e. The number of benzene rings is 1. The summed E-state index contributed by atoms with van der Waals surface area (Å²) in [4.78, 5) is 20.7. The van der Waals surface area contributed by atoms with Gasteiger partial charge in [-0.25, -0.2) is 4.98 Å². The number of hydrogen-bond donors (Lipinski definition) is 3. The van der Waals surface area contributed by atoms with Crippen LogP contribution in [0.5, 0.6) is 0 Å². The van der Waals surface area contributed by atoms with Crippen molar-refractivity contribution in [1.82, 2.24) is 14.9 Å². The Morgan fingerprint density at radius 1 is 1.44 bits per heavy atom. The Kier molecular flexibility index (Phi) is 3.59. The molecule has 1 aromatic heterocycles. The van der Waals surface area contributed by atoms with E-state index in [1.165, 1.54) is 0 Å². The number of amides is 1. The highest BCUT2D eigenvalue weighted by molar-refractivity contribution is 5.94. The molecule has 0 bridgehead atoms. The Bertz CT molecular complexity index is 506. The highest BCUT2D eigenvalue weighted by atomic mass is 16.2. The van der Waals surface area contributed by atoms with Crippen molar-refractivity contribution in [1.29, 1.82) is 0 Å². The highest BCUT2D eigenvalue weighted by Crippen LogP contribution is 2.10. The fourth-order valence-corrected chi connectivity index (χ4v) is 1.61. The number of rotatable bonds is 4. The van der Waals surface area contributed by atoms with Gasteiger partial charge in [0, 0.05) is 30.7 Å². The summed E-state index contributed by atoms with van der Waals surface area (Å²) >= 11 is 0. The number of carbonyl (C=O) groups is 1. The molecular formula is C12H15N5O. The first kappa shape index (κ1) is 12.1. The maximum atomic E-state index is 12.1. The van der Waals surface area contributed by atoms with Gasteiger partial charge in [-0.05, 0) is 24.3 Å². The van der Waals surface area contributed by atoms with Crippen LogP contribution >= 0.6 is 0 Å². The van der Waals surface area contributed by atoms with Gasteiger partial charge in [-0.1, -0.05) is 0 Å². The lowest BCUT2D eigenvalue weighted by atomic mass is 10.2. The van der Waals surface area contributed by atoms with Gasteiger partial charge in [0.25, 0.3) is 5.91 Å². The van der Waals surface area contributed by atoms with Crippen LogP contribution in [0.4, 0.5) is 5.69 Å². The summed E-state index contributed by atoms with van der Waals surface area (Å²) < 4.78 is 0. The van der Waals surface area contributed by atoms with Crippen LogP contribution in [-0.4, -0.2) is 27.8 Å². The quantitative estimate of drug-likeness (QED) is 0.553. The zero-order valence-electron chi connectivity index (χ0n) is 10.1. The van der Waals surface area contributed by atoms with Crippen molar-refractivity contribution < 1.29 is 4.79 Å². The molecule has 0 aliphatic carbocycles. The monoisotopic (exact) mass is 245 g/mol. The Labute approximate surface area is 105 Å². The average molecular weight is 245 g/mol. The fourth-order valence-electron chi connectivity index (χ4n) is 1.61. The van der Waals surface area contributed by atoms with E-state index < -0.39 is 0 Å². The summed E-state index contributed by atoms with van der Waals surface area (Å²) in [6.07, 6.45) is 3.39. The minimum atomic E-state index is -0.0602. The minimum absolute atomic E-state index is 0.0602. The number of nitrogens with zero attached hydrogens (tertiary/aromatic N) is 2. The molecule has 1 amide bonds. The van der Waals surface area contributed by atoms with Crippen LogP contribution in [0.3, 0.4) is 0 Å². The summed E-state index contributed by atoms with van der Waals surface area (Å²) in [5.41, 5.74) is 3.90. The largest absolute Gasteiger partial charge is 0.347 e. The van der Waals surface area contributed by atoms with Crippen molar-refractivity contribution in [3.8, 4) is 0 Å². The van der Waals surface area contributed by atoms with Crippen molar-refractivity contribution in [2.45, 2.75) is 6.54 Å². The second-order valence-electron chi connectivity index (χ2n) is 3.92. The number of aromatic amines is 1. The van der Waals surface area contributed by atoms with Crippen LogP contribution < -0.4 is 11.3 Å². The molecular weight excluding hydrogens is 230 g/mol. The van der Waals surface area contributed by atoms with Crippen LogP contribution in [0.2, 0.25) is 0 Å². The molecule has 1 heterocycles. The van der Waals surface area contributed by atoms with Crippen LogP contribution in [0, 0.1) is 0 Å². The first-order valence-electron chi connectivity index (χ1n) is 5.51. The molecule has 0 aliphatic heterocycles. The van der Waals surface area contributed by atoms with E-state index in [-0.39, 0.29) is 5.91 Å². The van der Waals surface area contributed by atoms with Crippen molar-refractivity contribution in [2.24, 2.45) is 5.84 Å². The van der Waals surface area contributed by atoms with Crippen molar-refractivity contribution in [2.75, 3.05) is 12.5 Å². The van der Waals surface area contributed by atoms with E-state index in [0.717, 1.165) is 11.5 Å². The molecule has 0 atom stereocenters. The highest BCUT2D eigenvalue weighted by Gasteiger charge is 2.12. The van der Waals surface area contributed by atoms with Gasteiger partial charge >= 0.3 is 0 Å². The van der Waals surface area contributed by atoms with Gasteiger partial charge in [-0.3, -0.25) is 10.6 Å². The molecule has 2 aromatic rings. The Morgan fingerprint density at radius 2 is 2.17 bits per heavy atom. The molecule has 0 aliphatic rings. The van der Waals surface area contributed by atoms with Crippen LogP contribution in [0.25, 0.3) is 0 Å². The lowest BCUT2D eigenvalue weighted by Gasteiger charge is -2.15. The number of nitrogens with two attached hydrogens (primary N) is 1. The fraction of sp³-hybridized carbons (Fsp3) is 0.167. The third-order valence-electron chi connectivity index (χ3n) is 2.59. The number of H-pyrrole nitrogens is 1. The summed E-state index contributed by atoms with van der Waals surface area (Å²) in [6, 6.07) is 6.98. The average Bonchev–Trinajstić information content (AvgIpc) is 2.91. The van der Waals surface area contributed by atoms with Gasteiger partial charge in [-0.15, -0.1) is 0 Å². The van der Waals surface area contributed by atoms with Crippen molar-refractivity contribution in [3.63, 3.8) is 0 Å². The number of hydrazine groups is 1. The summed E-state index contributed by atoms with van der Waals surface area (Å²) in [7, 11) is 1.74. The molecule has 6 nitrogen and oxygen atoms in total. The molecule has 0 fully saturated rings. The van der Waals surface area contributed by atoms with E-state index in [9.17, 15) is 4.79 Å². The van der Waals surface area contributed by atoms with E-state index in [1.807, 2.05) is 0 Å². The molecule has 0 saturated carbocycles. The number of nitrogens with one attached hydrogen (secondary N) is 2. The van der Waals surface area contributed by atoms with E-state index in [4.69, 9.17) is 5.84 Å². The van der Waals surface area contributed by atoms with Gasteiger partial charge < -0.3 is 15.3 Å². The molecule has 2 rings (SSSR count). The van der Waals surface area contributed by atoms with Gasteiger partial charge in [0.15, 0.2) is 0 Å². The summed E-state index contributed by atoms with van der Waals surface area (Å²) in [6.45, 7) is 0.447. The smallest absolute Gasteiger partial charge is 0.254 e. The maximum absolute atomic E-state index is 12.1. The van der Waals surface area contributed by atoms with Crippen LogP contribution in [0.15, 0.2) is 36.7 Å². The van der Waals surface area contributed by atoms with E-state index >= 15 is 0 Å². The van der Waals surface area contributed by atoms with Gasteiger partial charge in [-0.2, -0.15) is 0 Å². The normalized spacial score (nSPS) is 10.1. The number of nitrogen functional groups attached to an aromatic ring is 1. The molecule has 18 heavy (non-hydrogen) atoms. The number of hydrogen-bond acceptors (Lipinski definition) is 4. The maximum Gasteiger partial charge on any atom is 0.254 e. The standard InChI is InChI=1S/C12H15N5O/c1-17(8-11-14-6-7-15-11)12(18)9-2-4-10(16-13)5-3-9/h2-7,16H,8,13H2,1H3,(H,14,15). The van der Waals surface area contributed by atoms with Gasteiger partial charge in [0.05, 0.1) is 6.54 Å². The number of imidazole rings is 1. The zero-order valence-corrected chi connectivity index (χ0v) is 10.1. The summed E-state index contributed by atoms with van der Waals surface area (Å²) in [5.74, 6) is 5.96. The predicted molar refractivity (Wildman–Crippen MR) is 68.6 cm³/mol. The second kappa shape index (κ2) is 5.33. The topological polar surface area (TPSA) is 87.0 Å². The Morgan fingerprint density at radius 3 is 2.72 bits per heavy atom. The number of aromatic nitrogens is 2. The molecule has 0 spiro atoms. The van der Waals surface area contributed by atoms with Crippen LogP contribution in [0.1, 0.15) is 16.2 Å². The molecule has 0 unspecified atom stereocenters. The molecule has 1 aromatic carbocycles. The third-order valence-corrected chi connectivity index (χ3v) is 2.59. The van der Waals surface area contributed by atoms with Gasteiger partial charge in [0.1, 0.15) is 5.82 Å². The molecule has 0 radical (unpaired) electrons. The lowest BCUT2D eigenvalue weighted by molar-refractivity contribution is 0.0782. The molecule has 0 saturated heterocycles. The predicted octanol–water partition coefficient (Wildman–Crippen LogP) is 0.967. The van der Waals surface area contributed by atoms with E-state index in [1.54, 1.807) is 48.6 Å². The molecule has 94 valence electrons. The third kappa shape index (κ3) is 2.67. The first-order valence-corrected chi connectivity index (χ1v) is 5.51. The number of anilines is 1. The zero-order chi connectivity index (χ0) is 13.0. The molecule has 4 N–H and O–H groups in total. The lowest BCUT2D eigenvalue weighted by Crippen LogP contribution is -2.26. The SMILES string of the molecule is CN(Cc1ncc[nH]1)C(=O)c1ccc(NN)cc1. The van der Waals surface area contributed by atoms with Gasteiger partial charge in [0.2, 0.25) is 0 Å². The summed E-state index contributed by atoms with van der Waals surface area (Å²) in [5, 5.41) is 0. The van der Waals surface area contributed by atoms with Crippen molar-refractivity contribution in [3.05, 3.63) is 48.0 Å². The second-order valence-corrected chi connectivity index (χ2v) is 3.92. The first-order chi connectivity index (χ1) is 8.70. The van der Waals surface area contributed by atoms with E-state index in [0.29, 0.717) is 12.1 Å². The Hall–Kier alpha value is -2.34. The Balaban J connectivity index is 2.05. The molecule has 6 heteroatoms. The van der Waals surface area contributed by atoms with Crippen molar-refractivity contribution >= 4 is 11.6 Å². The van der Waals surface area contributed by atoms with E-state index in [2.05, 4.69) is 15.4 Å².